The van der Waals surface area contributed by atoms with Gasteiger partial charge in [-0.3, -0.25) is 0 Å². The van der Waals surface area contributed by atoms with Crippen LogP contribution in [-0.4, -0.2) is 29.5 Å². The van der Waals surface area contributed by atoms with Crippen LogP contribution in [0.3, 0.4) is 0 Å². The van der Waals surface area contributed by atoms with E-state index in [0.29, 0.717) is 24.0 Å². The molecule has 0 spiro atoms. The third-order valence-corrected chi connectivity index (χ3v) is 3.31. The van der Waals surface area contributed by atoms with Crippen molar-refractivity contribution in [2.24, 2.45) is 5.92 Å². The number of nitrogens with zero attached hydrogens (tertiary/aromatic N) is 2. The summed E-state index contributed by atoms with van der Waals surface area (Å²) in [6.45, 7) is 2.74. The van der Waals surface area contributed by atoms with Crippen LogP contribution < -0.4 is 10.1 Å². The zero-order valence-corrected chi connectivity index (χ0v) is 10.6. The lowest BCUT2D eigenvalue weighted by atomic mass is 10.1. The van der Waals surface area contributed by atoms with E-state index < -0.39 is 0 Å². The molecule has 0 radical (unpaired) electrons. The fourth-order valence-electron chi connectivity index (χ4n) is 2.22. The summed E-state index contributed by atoms with van der Waals surface area (Å²) in [5.41, 5.74) is 0.430. The minimum Gasteiger partial charge on any atom is -0.490 e. The second-order valence-corrected chi connectivity index (χ2v) is 4.74. The van der Waals surface area contributed by atoms with Crippen molar-refractivity contribution < 1.29 is 9.13 Å². The van der Waals surface area contributed by atoms with Crippen LogP contribution in [0.2, 0.25) is 0 Å². The number of hydrogen-bond donors (Lipinski definition) is 1. The number of halogens is 1. The van der Waals surface area contributed by atoms with Gasteiger partial charge < -0.3 is 10.1 Å². The third-order valence-electron chi connectivity index (χ3n) is 3.31. The molecule has 100 valence electrons. The van der Waals surface area contributed by atoms with Crippen molar-refractivity contribution in [2.45, 2.75) is 6.42 Å². The molecule has 2 aromatic rings. The summed E-state index contributed by atoms with van der Waals surface area (Å²) in [5, 5.41) is 7.43. The maximum Gasteiger partial charge on any atom is 0.157 e. The molecule has 1 aromatic carbocycles. The van der Waals surface area contributed by atoms with E-state index in [9.17, 15) is 4.39 Å². The summed E-state index contributed by atoms with van der Waals surface area (Å²) in [7, 11) is 0. The van der Waals surface area contributed by atoms with Gasteiger partial charge in [0.25, 0.3) is 0 Å². The number of para-hydroxylation sites is 1. The van der Waals surface area contributed by atoms with E-state index in [1.165, 1.54) is 10.7 Å². The predicted molar refractivity (Wildman–Crippen MR) is 70.0 cm³/mol. The average Bonchev–Trinajstić information content (AvgIpc) is 3.08. The second kappa shape index (κ2) is 5.40. The minimum absolute atomic E-state index is 0.294. The molecule has 19 heavy (non-hydrogen) atoms. The van der Waals surface area contributed by atoms with E-state index in [4.69, 9.17) is 4.74 Å². The van der Waals surface area contributed by atoms with Gasteiger partial charge >= 0.3 is 0 Å². The van der Waals surface area contributed by atoms with Gasteiger partial charge in [-0.2, -0.15) is 5.10 Å². The van der Waals surface area contributed by atoms with Gasteiger partial charge in [-0.15, -0.1) is 0 Å². The summed E-state index contributed by atoms with van der Waals surface area (Å²) in [5.74, 6) is 0.934. The van der Waals surface area contributed by atoms with Crippen molar-refractivity contribution in [3.63, 3.8) is 0 Å². The quantitative estimate of drug-likeness (QED) is 0.915. The van der Waals surface area contributed by atoms with Gasteiger partial charge in [0.05, 0.1) is 19.0 Å². The Morgan fingerprint density at radius 2 is 2.32 bits per heavy atom. The lowest BCUT2D eigenvalue weighted by Gasteiger charge is -2.08. The molecule has 1 unspecified atom stereocenters. The Hall–Kier alpha value is -1.88. The molecule has 4 nitrogen and oxygen atoms in total. The van der Waals surface area contributed by atoms with E-state index in [1.807, 2.05) is 0 Å². The van der Waals surface area contributed by atoms with Crippen LogP contribution in [0.4, 0.5) is 4.39 Å². The Kier molecular flexibility index (Phi) is 3.46. The molecule has 0 bridgehead atoms. The highest BCUT2D eigenvalue weighted by Gasteiger charge is 2.15. The second-order valence-electron chi connectivity index (χ2n) is 4.74. The van der Waals surface area contributed by atoms with Gasteiger partial charge in [0, 0.05) is 12.5 Å². The van der Waals surface area contributed by atoms with Crippen LogP contribution in [0.15, 0.2) is 36.7 Å². The summed E-state index contributed by atoms with van der Waals surface area (Å²) < 4.78 is 20.8. The number of hydrogen-bond acceptors (Lipinski definition) is 3. The average molecular weight is 261 g/mol. The van der Waals surface area contributed by atoms with Gasteiger partial charge in [0.2, 0.25) is 0 Å². The van der Waals surface area contributed by atoms with Crippen LogP contribution >= 0.6 is 0 Å². The van der Waals surface area contributed by atoms with Gasteiger partial charge in [0.15, 0.2) is 5.75 Å². The predicted octanol–water partition coefficient (Wildman–Crippen LogP) is 2.00. The zero-order valence-electron chi connectivity index (χ0n) is 10.6. The molecule has 2 heterocycles. The lowest BCUT2D eigenvalue weighted by molar-refractivity contribution is 0.260. The number of rotatable bonds is 4. The molecule has 1 saturated heterocycles. The highest BCUT2D eigenvalue weighted by atomic mass is 19.1. The Balaban J connectivity index is 1.67. The zero-order chi connectivity index (χ0) is 13.1. The fourth-order valence-corrected chi connectivity index (χ4v) is 2.22. The van der Waals surface area contributed by atoms with Crippen LogP contribution in [-0.2, 0) is 0 Å². The van der Waals surface area contributed by atoms with E-state index in [2.05, 4.69) is 10.4 Å². The molecule has 1 aliphatic rings. The first-order valence-corrected chi connectivity index (χ1v) is 6.46. The van der Waals surface area contributed by atoms with Crippen molar-refractivity contribution in [1.82, 2.24) is 15.1 Å². The van der Waals surface area contributed by atoms with Crippen molar-refractivity contribution in [2.75, 3.05) is 19.7 Å². The molecule has 0 aliphatic carbocycles. The maximum absolute atomic E-state index is 13.6. The van der Waals surface area contributed by atoms with Gasteiger partial charge in [0.1, 0.15) is 11.5 Å². The van der Waals surface area contributed by atoms with E-state index >= 15 is 0 Å². The van der Waals surface area contributed by atoms with Crippen molar-refractivity contribution in [3.8, 4) is 11.4 Å². The third kappa shape index (κ3) is 2.76. The van der Waals surface area contributed by atoms with Crippen molar-refractivity contribution in [3.05, 3.63) is 42.5 Å². The van der Waals surface area contributed by atoms with Gasteiger partial charge in [-0.1, -0.05) is 12.1 Å². The molecule has 0 amide bonds. The lowest BCUT2D eigenvalue weighted by Crippen LogP contribution is -2.15. The van der Waals surface area contributed by atoms with E-state index in [0.717, 1.165) is 19.5 Å². The Morgan fingerprint density at radius 3 is 3.11 bits per heavy atom. The molecule has 1 aromatic heterocycles. The Labute approximate surface area is 111 Å². The number of benzene rings is 1. The molecular weight excluding hydrogens is 245 g/mol. The topological polar surface area (TPSA) is 39.1 Å². The maximum atomic E-state index is 13.6. The minimum atomic E-state index is -0.294. The molecule has 1 N–H and O–H groups in total. The molecule has 5 heteroatoms. The largest absolute Gasteiger partial charge is 0.490 e. The monoisotopic (exact) mass is 261 g/mol. The molecule has 3 rings (SSSR count). The normalized spacial score (nSPS) is 18.7. The SMILES string of the molecule is Fc1ccccc1-n1cc(OCC2CCNC2)cn1. The van der Waals surface area contributed by atoms with Gasteiger partial charge in [-0.25, -0.2) is 9.07 Å². The first-order chi connectivity index (χ1) is 9.33. The van der Waals surface area contributed by atoms with Crippen LogP contribution in [0.5, 0.6) is 5.75 Å². The number of aromatic nitrogens is 2. The molecule has 1 aliphatic heterocycles. The fraction of sp³-hybridized carbons (Fsp3) is 0.357. The van der Waals surface area contributed by atoms with Crippen LogP contribution in [0, 0.1) is 11.7 Å². The molecule has 0 saturated carbocycles. The smallest absolute Gasteiger partial charge is 0.157 e. The summed E-state index contributed by atoms with van der Waals surface area (Å²) in [6, 6.07) is 6.55. The van der Waals surface area contributed by atoms with Gasteiger partial charge in [-0.05, 0) is 25.1 Å². The summed E-state index contributed by atoms with van der Waals surface area (Å²) >= 11 is 0. The highest BCUT2D eigenvalue weighted by molar-refractivity contribution is 5.33. The first-order valence-electron chi connectivity index (χ1n) is 6.46. The Bertz CT molecular complexity index is 549. The van der Waals surface area contributed by atoms with E-state index in [-0.39, 0.29) is 5.82 Å². The standard InChI is InChI=1S/C14H16FN3O/c15-13-3-1-2-4-14(13)18-9-12(8-17-18)19-10-11-5-6-16-7-11/h1-4,8-9,11,16H,5-7,10H2. The van der Waals surface area contributed by atoms with Crippen LogP contribution in [0.1, 0.15) is 6.42 Å². The van der Waals surface area contributed by atoms with Crippen molar-refractivity contribution >= 4 is 0 Å². The Morgan fingerprint density at radius 1 is 1.42 bits per heavy atom. The van der Waals surface area contributed by atoms with Crippen LogP contribution in [0.25, 0.3) is 5.69 Å². The molecule has 1 fully saturated rings. The summed E-state index contributed by atoms with van der Waals surface area (Å²) in [4.78, 5) is 0. The first kappa shape index (κ1) is 12.2. The number of nitrogens with one attached hydrogen (secondary N) is 1. The number of ether oxygens (including phenoxy) is 1. The highest BCUT2D eigenvalue weighted by Crippen LogP contribution is 2.17. The van der Waals surface area contributed by atoms with Crippen molar-refractivity contribution in [1.29, 1.82) is 0 Å². The molecular formula is C14H16FN3O. The summed E-state index contributed by atoms with van der Waals surface area (Å²) in [6.07, 6.45) is 4.47. The molecule has 1 atom stereocenters. The van der Waals surface area contributed by atoms with E-state index in [1.54, 1.807) is 30.6 Å².